The summed E-state index contributed by atoms with van der Waals surface area (Å²) in [6.45, 7) is 0.238. The molecular weight excluding hydrogens is 248 g/mol. The van der Waals surface area contributed by atoms with Crippen LogP contribution in [0.4, 0.5) is 5.69 Å². The molecule has 1 saturated heterocycles. The van der Waals surface area contributed by atoms with Gasteiger partial charge in [-0.3, -0.25) is 4.79 Å². The van der Waals surface area contributed by atoms with Crippen molar-refractivity contribution in [1.82, 2.24) is 0 Å². The molecule has 6 heteroatoms. The Hall–Kier alpha value is -2.26. The number of carbonyl (C=O) groups is 1. The first kappa shape index (κ1) is 13.2. The fourth-order valence-corrected chi connectivity index (χ4v) is 1.70. The second kappa shape index (κ2) is 5.16. The molecule has 0 radical (unpaired) electrons. The van der Waals surface area contributed by atoms with E-state index in [9.17, 15) is 4.79 Å². The lowest BCUT2D eigenvalue weighted by atomic mass is 9.87. The average Bonchev–Trinajstić information content (AvgIpc) is 2.38. The maximum Gasteiger partial charge on any atom is 0.249 e. The third-order valence-electron chi connectivity index (χ3n) is 3.00. The lowest BCUT2D eigenvalue weighted by Crippen LogP contribution is -2.50. The minimum atomic E-state index is -1.09. The van der Waals surface area contributed by atoms with Crippen LogP contribution in [0.2, 0.25) is 0 Å². The number of hydrogen-bond acceptors (Lipinski definition) is 5. The van der Waals surface area contributed by atoms with Crippen molar-refractivity contribution in [2.75, 3.05) is 32.8 Å². The number of nitrogens with one attached hydrogen (secondary N) is 1. The molecule has 1 amide bonds. The van der Waals surface area contributed by atoms with E-state index in [0.717, 1.165) is 0 Å². The van der Waals surface area contributed by atoms with E-state index in [1.54, 1.807) is 25.3 Å². The van der Waals surface area contributed by atoms with Crippen LogP contribution >= 0.6 is 0 Å². The average molecular weight is 262 g/mol. The molecule has 0 saturated carbocycles. The Morgan fingerprint density at radius 2 is 2.16 bits per heavy atom. The van der Waals surface area contributed by atoms with Crippen LogP contribution in [0.3, 0.4) is 0 Å². The Bertz CT molecular complexity index is 532. The minimum absolute atomic E-state index is 0.119. The Morgan fingerprint density at radius 1 is 1.42 bits per heavy atom. The summed E-state index contributed by atoms with van der Waals surface area (Å²) in [6.07, 6.45) is 0. The Morgan fingerprint density at radius 3 is 2.63 bits per heavy atom. The van der Waals surface area contributed by atoms with E-state index in [1.807, 2.05) is 6.07 Å². The van der Waals surface area contributed by atoms with Crippen molar-refractivity contribution in [2.24, 2.45) is 5.41 Å². The summed E-state index contributed by atoms with van der Waals surface area (Å²) in [6, 6.07) is 7.02. The molecule has 0 spiro atoms. The number of nitriles is 1. The van der Waals surface area contributed by atoms with Gasteiger partial charge in [-0.1, -0.05) is 0 Å². The third-order valence-corrected chi connectivity index (χ3v) is 3.00. The van der Waals surface area contributed by atoms with Gasteiger partial charge in [-0.2, -0.15) is 5.26 Å². The Balaban J connectivity index is 2.19. The van der Waals surface area contributed by atoms with E-state index in [2.05, 4.69) is 5.32 Å². The molecule has 0 unspecified atom stereocenters. The van der Waals surface area contributed by atoms with Gasteiger partial charge in [0.15, 0.2) is 5.41 Å². The molecule has 100 valence electrons. The van der Waals surface area contributed by atoms with E-state index in [-0.39, 0.29) is 19.1 Å². The van der Waals surface area contributed by atoms with Gasteiger partial charge in [0, 0.05) is 6.07 Å². The summed E-state index contributed by atoms with van der Waals surface area (Å²) in [7, 11) is 3.04. The van der Waals surface area contributed by atoms with Gasteiger partial charge < -0.3 is 19.5 Å². The van der Waals surface area contributed by atoms with E-state index in [4.69, 9.17) is 19.5 Å². The number of amides is 1. The van der Waals surface area contributed by atoms with Crippen LogP contribution in [-0.2, 0) is 9.53 Å². The zero-order chi connectivity index (χ0) is 13.9. The molecule has 0 bridgehead atoms. The molecule has 2 rings (SSSR count). The second-order valence-electron chi connectivity index (χ2n) is 4.21. The highest BCUT2D eigenvalue weighted by Crippen LogP contribution is 2.33. The zero-order valence-corrected chi connectivity index (χ0v) is 10.7. The summed E-state index contributed by atoms with van der Waals surface area (Å²) in [5.74, 6) is 0.711. The number of anilines is 1. The van der Waals surface area contributed by atoms with Crippen LogP contribution in [0, 0.1) is 16.7 Å². The second-order valence-corrected chi connectivity index (χ2v) is 4.21. The Labute approximate surface area is 110 Å². The van der Waals surface area contributed by atoms with Gasteiger partial charge in [0.05, 0.1) is 39.2 Å². The maximum atomic E-state index is 12.1. The number of ether oxygens (including phenoxy) is 3. The first-order valence-corrected chi connectivity index (χ1v) is 5.67. The van der Waals surface area contributed by atoms with Crippen LogP contribution in [0.1, 0.15) is 0 Å². The molecule has 0 aliphatic carbocycles. The summed E-state index contributed by atoms with van der Waals surface area (Å²) >= 11 is 0. The third kappa shape index (κ3) is 2.33. The highest BCUT2D eigenvalue weighted by molar-refractivity contribution is 5.99. The number of hydrogen-bond donors (Lipinski definition) is 1. The SMILES string of the molecule is COc1ccc(NC(=O)C2(C#N)COC2)c(OC)c1. The molecular formula is C13H14N2O4. The van der Waals surface area contributed by atoms with Gasteiger partial charge in [0.1, 0.15) is 11.5 Å². The molecule has 19 heavy (non-hydrogen) atoms. The van der Waals surface area contributed by atoms with Gasteiger partial charge in [-0.15, -0.1) is 0 Å². The normalized spacial score (nSPS) is 15.8. The van der Waals surface area contributed by atoms with Gasteiger partial charge in [0.2, 0.25) is 5.91 Å². The van der Waals surface area contributed by atoms with Gasteiger partial charge in [-0.25, -0.2) is 0 Å². The molecule has 1 aliphatic heterocycles. The Kier molecular flexibility index (Phi) is 3.58. The number of benzene rings is 1. The molecule has 1 aromatic carbocycles. The predicted octanol–water partition coefficient (Wildman–Crippen LogP) is 1.18. The zero-order valence-electron chi connectivity index (χ0n) is 10.7. The molecule has 6 nitrogen and oxygen atoms in total. The van der Waals surface area contributed by atoms with E-state index < -0.39 is 5.41 Å². The summed E-state index contributed by atoms with van der Waals surface area (Å²) in [4.78, 5) is 12.1. The predicted molar refractivity (Wildman–Crippen MR) is 67.0 cm³/mol. The first-order valence-electron chi connectivity index (χ1n) is 5.67. The highest BCUT2D eigenvalue weighted by atomic mass is 16.5. The van der Waals surface area contributed by atoms with Gasteiger partial charge in [0.25, 0.3) is 0 Å². The van der Waals surface area contributed by atoms with Gasteiger partial charge >= 0.3 is 0 Å². The topological polar surface area (TPSA) is 80.6 Å². The van der Waals surface area contributed by atoms with Crippen molar-refractivity contribution in [3.63, 3.8) is 0 Å². The fourth-order valence-electron chi connectivity index (χ4n) is 1.70. The number of methoxy groups -OCH3 is 2. The number of carbonyl (C=O) groups excluding carboxylic acids is 1. The van der Waals surface area contributed by atoms with E-state index in [0.29, 0.717) is 17.2 Å². The largest absolute Gasteiger partial charge is 0.497 e. The minimum Gasteiger partial charge on any atom is -0.497 e. The monoisotopic (exact) mass is 262 g/mol. The molecule has 1 N–H and O–H groups in total. The van der Waals surface area contributed by atoms with Crippen molar-refractivity contribution < 1.29 is 19.0 Å². The highest BCUT2D eigenvalue weighted by Gasteiger charge is 2.46. The smallest absolute Gasteiger partial charge is 0.249 e. The lowest BCUT2D eigenvalue weighted by Gasteiger charge is -2.33. The van der Waals surface area contributed by atoms with Crippen LogP contribution < -0.4 is 14.8 Å². The molecule has 1 fully saturated rings. The number of rotatable bonds is 4. The first-order chi connectivity index (χ1) is 9.15. The standard InChI is InChI=1S/C13H14N2O4/c1-17-9-3-4-10(11(5-9)18-2)15-12(16)13(6-14)7-19-8-13/h3-5H,7-8H2,1-2H3,(H,15,16). The quantitative estimate of drug-likeness (QED) is 0.881. The van der Waals surface area contributed by atoms with Gasteiger partial charge in [-0.05, 0) is 12.1 Å². The number of nitrogens with zero attached hydrogens (tertiary/aromatic N) is 1. The van der Waals surface area contributed by atoms with Crippen molar-refractivity contribution in [1.29, 1.82) is 5.26 Å². The summed E-state index contributed by atoms with van der Waals surface area (Å²) < 4.78 is 15.2. The summed E-state index contributed by atoms with van der Waals surface area (Å²) in [5.41, 5.74) is -0.597. The molecule has 1 aromatic rings. The van der Waals surface area contributed by atoms with Crippen LogP contribution in [-0.4, -0.2) is 33.3 Å². The molecule has 0 atom stereocenters. The molecule has 1 aliphatic rings. The van der Waals surface area contributed by atoms with Crippen molar-refractivity contribution in [3.8, 4) is 17.6 Å². The molecule has 1 heterocycles. The maximum absolute atomic E-state index is 12.1. The van der Waals surface area contributed by atoms with E-state index >= 15 is 0 Å². The van der Waals surface area contributed by atoms with Crippen LogP contribution in [0.5, 0.6) is 11.5 Å². The fraction of sp³-hybridized carbons (Fsp3) is 0.385. The summed E-state index contributed by atoms with van der Waals surface area (Å²) in [5, 5.41) is 11.7. The van der Waals surface area contributed by atoms with Crippen LogP contribution in [0.15, 0.2) is 18.2 Å². The van der Waals surface area contributed by atoms with Crippen LogP contribution in [0.25, 0.3) is 0 Å². The van der Waals surface area contributed by atoms with E-state index in [1.165, 1.54) is 7.11 Å². The van der Waals surface area contributed by atoms with Crippen molar-refractivity contribution >= 4 is 11.6 Å². The lowest BCUT2D eigenvalue weighted by molar-refractivity contribution is -0.144. The van der Waals surface area contributed by atoms with Crippen molar-refractivity contribution in [3.05, 3.63) is 18.2 Å². The van der Waals surface area contributed by atoms with Crippen molar-refractivity contribution in [2.45, 2.75) is 0 Å². The molecule has 0 aromatic heterocycles.